The summed E-state index contributed by atoms with van der Waals surface area (Å²) < 4.78 is 12.2. The first-order valence-electron chi connectivity index (χ1n) is 9.95. The van der Waals surface area contributed by atoms with E-state index in [2.05, 4.69) is 20.8 Å². The molecule has 1 heterocycles. The number of hydrogen-bond acceptors (Lipinski definition) is 7. The molecule has 2 aromatic carbocycles. The van der Waals surface area contributed by atoms with Crippen molar-refractivity contribution in [3.8, 4) is 11.5 Å². The van der Waals surface area contributed by atoms with E-state index in [1.54, 1.807) is 50.6 Å². The topological polar surface area (TPSA) is 107 Å². The molecule has 10 heteroatoms. The van der Waals surface area contributed by atoms with Gasteiger partial charge < -0.3 is 24.7 Å². The zero-order valence-electron chi connectivity index (χ0n) is 18.1. The maximum absolute atomic E-state index is 12.4. The molecule has 3 rings (SSSR count). The minimum atomic E-state index is -0.219. The number of rotatable bonds is 10. The quantitative estimate of drug-likeness (QED) is 0.453. The lowest BCUT2D eigenvalue weighted by molar-refractivity contribution is -0.113. The number of carbonyl (C=O) groups excluding carboxylic acids is 2. The average molecular weight is 456 g/mol. The Hall–Kier alpha value is -3.53. The van der Waals surface area contributed by atoms with Gasteiger partial charge in [-0.15, -0.1) is 10.2 Å². The third-order valence-electron chi connectivity index (χ3n) is 4.58. The fourth-order valence-electron chi connectivity index (χ4n) is 2.94. The number of para-hydroxylation sites is 2. The van der Waals surface area contributed by atoms with E-state index in [9.17, 15) is 9.59 Å². The number of aromatic nitrogens is 3. The van der Waals surface area contributed by atoms with Gasteiger partial charge in [-0.25, -0.2) is 0 Å². The minimum absolute atomic E-state index is 0.161. The van der Waals surface area contributed by atoms with Gasteiger partial charge in [-0.05, 0) is 43.3 Å². The molecule has 0 saturated carbocycles. The Kier molecular flexibility index (Phi) is 8.09. The molecule has 0 bridgehead atoms. The fourth-order valence-corrected chi connectivity index (χ4v) is 3.76. The van der Waals surface area contributed by atoms with Crippen molar-refractivity contribution in [2.75, 3.05) is 25.3 Å². The second kappa shape index (κ2) is 11.2. The molecular formula is C22H25N5O4S. The van der Waals surface area contributed by atoms with Crippen molar-refractivity contribution in [1.29, 1.82) is 0 Å². The molecule has 2 N–H and O–H groups in total. The number of nitrogens with one attached hydrogen (secondary N) is 2. The normalized spacial score (nSPS) is 10.5. The standard InChI is InChI=1S/C22H25N5O4S/c1-4-27-19(13-23-21(29)15-9-11-16(30-2)12-10-15)25-26-22(27)32-14-20(28)24-17-7-5-6-8-18(17)31-3/h5-12H,4,13-14H2,1-3H3,(H,23,29)(H,24,28). The number of methoxy groups -OCH3 is 2. The van der Waals surface area contributed by atoms with Crippen molar-refractivity contribution in [3.05, 3.63) is 59.9 Å². The molecule has 3 aromatic rings. The number of anilines is 1. The molecule has 1 aromatic heterocycles. The molecule has 0 spiro atoms. The van der Waals surface area contributed by atoms with E-state index in [0.29, 0.717) is 40.3 Å². The number of benzene rings is 2. The molecule has 0 aliphatic rings. The van der Waals surface area contributed by atoms with Crippen LogP contribution in [0.15, 0.2) is 53.7 Å². The highest BCUT2D eigenvalue weighted by Gasteiger charge is 2.15. The van der Waals surface area contributed by atoms with Crippen LogP contribution in [-0.2, 0) is 17.9 Å². The van der Waals surface area contributed by atoms with Gasteiger partial charge in [-0.1, -0.05) is 23.9 Å². The molecule has 0 atom stereocenters. The largest absolute Gasteiger partial charge is 0.497 e. The van der Waals surface area contributed by atoms with Crippen LogP contribution in [0.3, 0.4) is 0 Å². The van der Waals surface area contributed by atoms with Crippen LogP contribution in [0.25, 0.3) is 0 Å². The summed E-state index contributed by atoms with van der Waals surface area (Å²) in [7, 11) is 3.13. The highest BCUT2D eigenvalue weighted by Crippen LogP contribution is 2.24. The average Bonchev–Trinajstić information content (AvgIpc) is 3.23. The van der Waals surface area contributed by atoms with Crippen LogP contribution in [0.1, 0.15) is 23.1 Å². The van der Waals surface area contributed by atoms with Gasteiger partial charge in [-0.2, -0.15) is 0 Å². The van der Waals surface area contributed by atoms with Crippen molar-refractivity contribution in [1.82, 2.24) is 20.1 Å². The summed E-state index contributed by atoms with van der Waals surface area (Å²) in [4.78, 5) is 24.8. The van der Waals surface area contributed by atoms with Crippen LogP contribution in [-0.4, -0.2) is 46.6 Å². The summed E-state index contributed by atoms with van der Waals surface area (Å²) in [6.45, 7) is 2.79. The van der Waals surface area contributed by atoms with Gasteiger partial charge in [0, 0.05) is 12.1 Å². The second-order valence-electron chi connectivity index (χ2n) is 6.59. The Morgan fingerprint density at radius 1 is 1.03 bits per heavy atom. The van der Waals surface area contributed by atoms with Gasteiger partial charge in [0.15, 0.2) is 11.0 Å². The number of nitrogens with zero attached hydrogens (tertiary/aromatic N) is 3. The maximum Gasteiger partial charge on any atom is 0.251 e. The first-order chi connectivity index (χ1) is 15.5. The Morgan fingerprint density at radius 2 is 1.78 bits per heavy atom. The number of thioether (sulfide) groups is 1. The van der Waals surface area contributed by atoms with E-state index in [-0.39, 0.29) is 24.1 Å². The SMILES string of the molecule is CCn1c(CNC(=O)c2ccc(OC)cc2)nnc1SCC(=O)Nc1ccccc1OC. The molecule has 0 fully saturated rings. The van der Waals surface area contributed by atoms with Crippen LogP contribution in [0.4, 0.5) is 5.69 Å². The van der Waals surface area contributed by atoms with Crippen LogP contribution >= 0.6 is 11.8 Å². The lowest BCUT2D eigenvalue weighted by atomic mass is 10.2. The highest BCUT2D eigenvalue weighted by molar-refractivity contribution is 7.99. The Bertz CT molecular complexity index is 1070. The first kappa shape index (κ1) is 23.1. The van der Waals surface area contributed by atoms with Gasteiger partial charge in [0.05, 0.1) is 32.2 Å². The van der Waals surface area contributed by atoms with Gasteiger partial charge in [0.1, 0.15) is 11.5 Å². The number of amides is 2. The summed E-state index contributed by atoms with van der Waals surface area (Å²) in [5.41, 5.74) is 1.13. The van der Waals surface area contributed by atoms with Gasteiger partial charge in [0.2, 0.25) is 5.91 Å². The molecule has 32 heavy (non-hydrogen) atoms. The predicted molar refractivity (Wildman–Crippen MR) is 122 cm³/mol. The van der Waals surface area contributed by atoms with Crippen LogP contribution in [0.5, 0.6) is 11.5 Å². The summed E-state index contributed by atoms with van der Waals surface area (Å²) in [5.74, 6) is 1.65. The van der Waals surface area contributed by atoms with E-state index < -0.39 is 0 Å². The molecule has 168 valence electrons. The minimum Gasteiger partial charge on any atom is -0.497 e. The second-order valence-corrected chi connectivity index (χ2v) is 7.53. The van der Waals surface area contributed by atoms with E-state index in [0.717, 1.165) is 0 Å². The molecule has 9 nitrogen and oxygen atoms in total. The smallest absolute Gasteiger partial charge is 0.251 e. The maximum atomic E-state index is 12.4. The van der Waals surface area contributed by atoms with E-state index in [1.807, 2.05) is 23.6 Å². The van der Waals surface area contributed by atoms with Crippen molar-refractivity contribution < 1.29 is 19.1 Å². The van der Waals surface area contributed by atoms with E-state index in [1.165, 1.54) is 11.8 Å². The van der Waals surface area contributed by atoms with E-state index >= 15 is 0 Å². The Labute approximate surface area is 190 Å². The zero-order valence-corrected chi connectivity index (χ0v) is 18.9. The lowest BCUT2D eigenvalue weighted by Crippen LogP contribution is -2.24. The van der Waals surface area contributed by atoms with Crippen LogP contribution < -0.4 is 20.1 Å². The highest BCUT2D eigenvalue weighted by atomic mass is 32.2. The van der Waals surface area contributed by atoms with Crippen molar-refractivity contribution in [2.45, 2.75) is 25.2 Å². The summed E-state index contributed by atoms with van der Waals surface area (Å²) >= 11 is 1.28. The van der Waals surface area contributed by atoms with Crippen molar-refractivity contribution >= 4 is 29.3 Å². The number of carbonyl (C=O) groups is 2. The third kappa shape index (κ3) is 5.79. The molecule has 2 amide bonds. The molecule has 0 radical (unpaired) electrons. The Balaban J connectivity index is 1.57. The summed E-state index contributed by atoms with van der Waals surface area (Å²) in [6, 6.07) is 14.1. The third-order valence-corrected chi connectivity index (χ3v) is 5.55. The first-order valence-corrected chi connectivity index (χ1v) is 10.9. The number of ether oxygens (including phenoxy) is 2. The van der Waals surface area contributed by atoms with Gasteiger partial charge >= 0.3 is 0 Å². The van der Waals surface area contributed by atoms with Crippen molar-refractivity contribution in [2.24, 2.45) is 0 Å². The monoisotopic (exact) mass is 455 g/mol. The lowest BCUT2D eigenvalue weighted by Gasteiger charge is -2.10. The molecule has 0 unspecified atom stereocenters. The zero-order chi connectivity index (χ0) is 22.9. The van der Waals surface area contributed by atoms with E-state index in [4.69, 9.17) is 9.47 Å². The molecule has 0 aliphatic heterocycles. The Morgan fingerprint density at radius 3 is 2.47 bits per heavy atom. The van der Waals surface area contributed by atoms with Gasteiger partial charge in [0.25, 0.3) is 5.91 Å². The summed E-state index contributed by atoms with van der Waals surface area (Å²) in [5, 5.41) is 14.6. The molecule has 0 aliphatic carbocycles. The fraction of sp³-hybridized carbons (Fsp3) is 0.273. The summed E-state index contributed by atoms with van der Waals surface area (Å²) in [6.07, 6.45) is 0. The van der Waals surface area contributed by atoms with Crippen molar-refractivity contribution in [3.63, 3.8) is 0 Å². The molecular weight excluding hydrogens is 430 g/mol. The van der Waals surface area contributed by atoms with Gasteiger partial charge in [-0.3, -0.25) is 9.59 Å². The molecule has 0 saturated heterocycles. The predicted octanol–water partition coefficient (Wildman–Crippen LogP) is 2.98. The van der Waals surface area contributed by atoms with Crippen LogP contribution in [0.2, 0.25) is 0 Å². The number of hydrogen-bond donors (Lipinski definition) is 2. The van der Waals surface area contributed by atoms with Crippen LogP contribution in [0, 0.1) is 0 Å².